The first-order valence-electron chi connectivity index (χ1n) is 10.1. The molecule has 3 rings (SSSR count). The van der Waals surface area contributed by atoms with Crippen LogP contribution >= 0.6 is 0 Å². The Morgan fingerprint density at radius 1 is 1.03 bits per heavy atom. The van der Waals surface area contributed by atoms with Crippen LogP contribution in [-0.4, -0.2) is 39.4 Å². The molecule has 0 heterocycles. The van der Waals surface area contributed by atoms with Crippen LogP contribution in [0.3, 0.4) is 0 Å². The average molecular weight is 470 g/mol. The van der Waals surface area contributed by atoms with Crippen molar-refractivity contribution in [3.05, 3.63) is 94.5 Å². The van der Waals surface area contributed by atoms with Gasteiger partial charge in [0.1, 0.15) is 10.6 Å². The van der Waals surface area contributed by atoms with E-state index in [0.717, 1.165) is 24.7 Å². The largest absolute Gasteiger partial charge is 0.379 e. The fourth-order valence-electron chi connectivity index (χ4n) is 3.02. The van der Waals surface area contributed by atoms with Gasteiger partial charge >= 0.3 is 10.1 Å². The van der Waals surface area contributed by atoms with Gasteiger partial charge in [0.15, 0.2) is 0 Å². The molecule has 3 aromatic rings. The number of hydrogen-bond donors (Lipinski definition) is 1. The maximum Gasteiger partial charge on any atom is 0.339 e. The van der Waals surface area contributed by atoms with E-state index in [1.165, 1.54) is 42.5 Å². The molecule has 0 unspecified atom stereocenters. The van der Waals surface area contributed by atoms with E-state index in [1.54, 1.807) is 0 Å². The zero-order valence-electron chi connectivity index (χ0n) is 17.9. The summed E-state index contributed by atoms with van der Waals surface area (Å²) >= 11 is 0. The second-order valence-electron chi connectivity index (χ2n) is 7.18. The zero-order chi connectivity index (χ0) is 23.8. The number of rotatable bonds is 10. The predicted molar refractivity (Wildman–Crippen MR) is 124 cm³/mol. The van der Waals surface area contributed by atoms with E-state index < -0.39 is 15.0 Å². The zero-order valence-corrected chi connectivity index (χ0v) is 18.7. The predicted octanol–water partition coefficient (Wildman–Crippen LogP) is 3.62. The summed E-state index contributed by atoms with van der Waals surface area (Å²) in [5.74, 6) is -0.298. The molecule has 0 atom stereocenters. The Balaban J connectivity index is 1.52. The number of nitro benzene ring substituents is 1. The van der Waals surface area contributed by atoms with Gasteiger partial charge in [0.25, 0.3) is 11.6 Å². The molecule has 9 nitrogen and oxygen atoms in total. The van der Waals surface area contributed by atoms with Gasteiger partial charge in [0, 0.05) is 43.5 Å². The number of nitro groups is 1. The number of carbonyl (C=O) groups is 1. The van der Waals surface area contributed by atoms with Gasteiger partial charge in [-0.15, -0.1) is 0 Å². The molecule has 10 heteroatoms. The molecule has 0 bridgehead atoms. The van der Waals surface area contributed by atoms with Crippen molar-refractivity contribution >= 4 is 27.4 Å². The van der Waals surface area contributed by atoms with Gasteiger partial charge in [-0.05, 0) is 48.9 Å². The number of hydrogen-bond acceptors (Lipinski definition) is 7. The lowest BCUT2D eigenvalue weighted by molar-refractivity contribution is -0.385. The Morgan fingerprint density at radius 3 is 2.39 bits per heavy atom. The van der Waals surface area contributed by atoms with Crippen LogP contribution < -0.4 is 14.4 Å². The third-order valence-electron chi connectivity index (χ3n) is 4.79. The minimum absolute atomic E-state index is 0.0115. The van der Waals surface area contributed by atoms with E-state index in [9.17, 15) is 23.3 Å². The summed E-state index contributed by atoms with van der Waals surface area (Å²) in [5.41, 5.74) is 1.09. The quantitative estimate of drug-likeness (QED) is 0.208. The maximum absolute atomic E-state index is 12.4. The van der Waals surface area contributed by atoms with Gasteiger partial charge in [-0.2, -0.15) is 8.42 Å². The number of nitrogens with zero attached hydrogens (tertiary/aromatic N) is 2. The summed E-state index contributed by atoms with van der Waals surface area (Å²) < 4.78 is 29.8. The Hall–Kier alpha value is -3.92. The van der Waals surface area contributed by atoms with Gasteiger partial charge in [0.2, 0.25) is 0 Å². The van der Waals surface area contributed by atoms with Crippen LogP contribution in [0.2, 0.25) is 0 Å². The Labute approximate surface area is 191 Å². The Kier molecular flexibility index (Phi) is 7.62. The normalized spacial score (nSPS) is 10.9. The number of nitrogens with one attached hydrogen (secondary N) is 1. The fraction of sp³-hybridized carbons (Fsp3) is 0.174. The van der Waals surface area contributed by atoms with Gasteiger partial charge < -0.3 is 14.4 Å². The Morgan fingerprint density at radius 2 is 1.73 bits per heavy atom. The lowest BCUT2D eigenvalue weighted by Gasteiger charge is -2.19. The SMILES string of the molecule is CN(CCCNC(=O)c1ccc(OS(=O)(=O)c2cccc([N+](=O)[O-])c2)cc1)c1ccccc1. The summed E-state index contributed by atoms with van der Waals surface area (Å²) in [6, 6.07) is 20.1. The molecule has 0 spiro atoms. The van der Waals surface area contributed by atoms with Crippen molar-refractivity contribution in [2.75, 3.05) is 25.0 Å². The van der Waals surface area contributed by atoms with Gasteiger partial charge in [-0.3, -0.25) is 14.9 Å². The van der Waals surface area contributed by atoms with Crippen molar-refractivity contribution in [1.29, 1.82) is 0 Å². The van der Waals surface area contributed by atoms with Crippen molar-refractivity contribution in [2.45, 2.75) is 11.3 Å². The van der Waals surface area contributed by atoms with Crippen molar-refractivity contribution in [3.8, 4) is 5.75 Å². The van der Waals surface area contributed by atoms with E-state index in [-0.39, 0.29) is 22.2 Å². The van der Waals surface area contributed by atoms with Crippen LogP contribution in [0, 0.1) is 10.1 Å². The molecule has 3 aromatic carbocycles. The van der Waals surface area contributed by atoms with Crippen LogP contribution in [0.25, 0.3) is 0 Å². The Bertz CT molecular complexity index is 1210. The lowest BCUT2D eigenvalue weighted by atomic mass is 10.2. The van der Waals surface area contributed by atoms with Crippen LogP contribution in [0.15, 0.2) is 83.8 Å². The third-order valence-corrected chi connectivity index (χ3v) is 6.04. The topological polar surface area (TPSA) is 119 Å². The van der Waals surface area contributed by atoms with E-state index >= 15 is 0 Å². The fourth-order valence-corrected chi connectivity index (χ4v) is 3.99. The molecule has 0 fully saturated rings. The minimum Gasteiger partial charge on any atom is -0.379 e. The highest BCUT2D eigenvalue weighted by Crippen LogP contribution is 2.22. The van der Waals surface area contributed by atoms with Gasteiger partial charge in [0.05, 0.1) is 4.92 Å². The van der Waals surface area contributed by atoms with E-state index in [1.807, 2.05) is 37.4 Å². The monoisotopic (exact) mass is 469 g/mol. The molecular weight excluding hydrogens is 446 g/mol. The van der Waals surface area contributed by atoms with E-state index in [4.69, 9.17) is 4.18 Å². The lowest BCUT2D eigenvalue weighted by Crippen LogP contribution is -2.28. The second kappa shape index (κ2) is 10.6. The van der Waals surface area contributed by atoms with E-state index in [2.05, 4.69) is 10.2 Å². The summed E-state index contributed by atoms with van der Waals surface area (Å²) in [5, 5.41) is 13.7. The van der Waals surface area contributed by atoms with Gasteiger partial charge in [-0.1, -0.05) is 24.3 Å². The third kappa shape index (κ3) is 6.53. The van der Waals surface area contributed by atoms with Crippen LogP contribution in [0.4, 0.5) is 11.4 Å². The molecule has 1 amide bonds. The minimum atomic E-state index is -4.26. The molecule has 0 aliphatic carbocycles. The summed E-state index contributed by atoms with van der Waals surface area (Å²) in [6.07, 6.45) is 0.750. The molecule has 33 heavy (non-hydrogen) atoms. The summed E-state index contributed by atoms with van der Waals surface area (Å²) in [7, 11) is -2.28. The number of amides is 1. The average Bonchev–Trinajstić information content (AvgIpc) is 2.82. The summed E-state index contributed by atoms with van der Waals surface area (Å²) in [6.45, 7) is 1.25. The second-order valence-corrected chi connectivity index (χ2v) is 8.73. The van der Waals surface area contributed by atoms with Crippen molar-refractivity contribution in [2.24, 2.45) is 0 Å². The number of para-hydroxylation sites is 1. The molecule has 0 aromatic heterocycles. The van der Waals surface area contributed by atoms with Gasteiger partial charge in [-0.25, -0.2) is 0 Å². The summed E-state index contributed by atoms with van der Waals surface area (Å²) in [4.78, 5) is 24.3. The van der Waals surface area contributed by atoms with Crippen LogP contribution in [0.5, 0.6) is 5.75 Å². The first-order chi connectivity index (χ1) is 15.8. The number of non-ortho nitro benzene ring substituents is 1. The molecule has 1 N–H and O–H groups in total. The first kappa shape index (κ1) is 23.7. The number of anilines is 1. The van der Waals surface area contributed by atoms with Crippen molar-refractivity contribution < 1.29 is 22.3 Å². The molecular formula is C23H23N3O6S. The highest BCUT2D eigenvalue weighted by Gasteiger charge is 2.20. The van der Waals surface area contributed by atoms with Crippen molar-refractivity contribution in [3.63, 3.8) is 0 Å². The highest BCUT2D eigenvalue weighted by atomic mass is 32.2. The maximum atomic E-state index is 12.4. The first-order valence-corrected chi connectivity index (χ1v) is 11.5. The molecule has 0 radical (unpaired) electrons. The molecule has 0 aliphatic heterocycles. The van der Waals surface area contributed by atoms with Crippen LogP contribution in [-0.2, 0) is 10.1 Å². The van der Waals surface area contributed by atoms with Crippen molar-refractivity contribution in [1.82, 2.24) is 5.32 Å². The molecule has 0 aliphatic rings. The molecule has 172 valence electrons. The molecule has 0 saturated heterocycles. The highest BCUT2D eigenvalue weighted by molar-refractivity contribution is 7.87. The standard InChI is InChI=1S/C23H23N3O6S/c1-25(19-7-3-2-4-8-19)16-6-15-24-23(27)18-11-13-21(14-12-18)32-33(30,31)22-10-5-9-20(17-22)26(28)29/h2-5,7-14,17H,6,15-16H2,1H3,(H,24,27). The van der Waals surface area contributed by atoms with Crippen LogP contribution in [0.1, 0.15) is 16.8 Å². The number of carbonyl (C=O) groups excluding carboxylic acids is 1. The number of benzene rings is 3. The smallest absolute Gasteiger partial charge is 0.339 e. The molecule has 0 saturated carbocycles. The van der Waals surface area contributed by atoms with E-state index in [0.29, 0.717) is 12.1 Å².